The number of carbonyl (C=O) groups excluding carboxylic acids is 1. The van der Waals surface area contributed by atoms with Crippen molar-refractivity contribution in [2.24, 2.45) is 0 Å². The average Bonchev–Trinajstić information content (AvgIpc) is 2.59. The van der Waals surface area contributed by atoms with Gasteiger partial charge in [-0.3, -0.25) is 9.59 Å². The molecular formula is C17H11Br2N3O2. The predicted molar refractivity (Wildman–Crippen MR) is 99.6 cm³/mol. The van der Waals surface area contributed by atoms with E-state index >= 15 is 0 Å². The molecule has 0 saturated carbocycles. The predicted octanol–water partition coefficient (Wildman–Crippen LogP) is 4.01. The van der Waals surface area contributed by atoms with Gasteiger partial charge in [-0.1, -0.05) is 34.1 Å². The van der Waals surface area contributed by atoms with Crippen LogP contribution in [0.5, 0.6) is 0 Å². The van der Waals surface area contributed by atoms with Crippen LogP contribution in [-0.2, 0) is 0 Å². The molecule has 0 spiro atoms. The molecule has 0 fully saturated rings. The van der Waals surface area contributed by atoms with Gasteiger partial charge in [0.05, 0.1) is 11.4 Å². The normalized spacial score (nSPS) is 10.4. The number of rotatable bonds is 3. The van der Waals surface area contributed by atoms with Crippen LogP contribution in [0, 0.1) is 0 Å². The Balaban J connectivity index is 1.94. The molecule has 0 unspecified atom stereocenters. The summed E-state index contributed by atoms with van der Waals surface area (Å²) in [4.78, 5) is 24.5. The van der Waals surface area contributed by atoms with Gasteiger partial charge in [-0.05, 0) is 52.3 Å². The minimum Gasteiger partial charge on any atom is -0.320 e. The Hall–Kier alpha value is -2.25. The molecule has 120 valence electrons. The summed E-state index contributed by atoms with van der Waals surface area (Å²) in [5, 5.41) is 6.93. The van der Waals surface area contributed by atoms with Gasteiger partial charge in [-0.2, -0.15) is 9.78 Å². The third-order valence-corrected chi connectivity index (χ3v) is 4.40. The molecule has 1 amide bonds. The van der Waals surface area contributed by atoms with Crippen molar-refractivity contribution in [3.63, 3.8) is 0 Å². The molecular weight excluding hydrogens is 438 g/mol. The van der Waals surface area contributed by atoms with E-state index in [4.69, 9.17) is 0 Å². The molecule has 1 aromatic heterocycles. The first kappa shape index (κ1) is 16.6. The van der Waals surface area contributed by atoms with E-state index in [-0.39, 0.29) is 11.3 Å². The molecule has 0 bridgehead atoms. The molecule has 0 radical (unpaired) electrons. The molecule has 0 atom stereocenters. The summed E-state index contributed by atoms with van der Waals surface area (Å²) in [6.07, 6.45) is 0. The van der Waals surface area contributed by atoms with Gasteiger partial charge in [0, 0.05) is 15.0 Å². The van der Waals surface area contributed by atoms with Crippen molar-refractivity contribution in [1.29, 1.82) is 0 Å². The van der Waals surface area contributed by atoms with E-state index in [2.05, 4.69) is 42.3 Å². The molecule has 5 nitrogen and oxygen atoms in total. The molecule has 3 aromatic rings. The van der Waals surface area contributed by atoms with Crippen LogP contribution in [0.15, 0.2) is 74.4 Å². The van der Waals surface area contributed by atoms with Gasteiger partial charge in [0.1, 0.15) is 5.69 Å². The number of nitrogens with one attached hydrogen (secondary N) is 1. The number of carbonyl (C=O) groups is 1. The number of amides is 1. The number of aromatic nitrogens is 2. The van der Waals surface area contributed by atoms with Crippen molar-refractivity contribution in [3.8, 4) is 5.69 Å². The summed E-state index contributed by atoms with van der Waals surface area (Å²) in [7, 11) is 0. The van der Waals surface area contributed by atoms with Gasteiger partial charge in [0.25, 0.3) is 11.5 Å². The lowest BCUT2D eigenvalue weighted by atomic mass is 10.3. The summed E-state index contributed by atoms with van der Waals surface area (Å²) < 4.78 is 2.78. The van der Waals surface area contributed by atoms with E-state index in [1.54, 1.807) is 30.3 Å². The Morgan fingerprint density at radius 3 is 2.50 bits per heavy atom. The first-order chi connectivity index (χ1) is 11.5. The number of halogens is 2. The SMILES string of the molecule is O=C(Nc1cc(Br)ccc1Br)c1ccc(=O)n(-c2ccccc2)n1. The van der Waals surface area contributed by atoms with Crippen molar-refractivity contribution in [3.05, 3.63) is 85.7 Å². The zero-order chi connectivity index (χ0) is 17.1. The average molecular weight is 449 g/mol. The lowest BCUT2D eigenvalue weighted by Gasteiger charge is -2.09. The fourth-order valence-electron chi connectivity index (χ4n) is 2.07. The first-order valence-corrected chi connectivity index (χ1v) is 8.55. The zero-order valence-corrected chi connectivity index (χ0v) is 15.4. The molecule has 3 rings (SSSR count). The highest BCUT2D eigenvalue weighted by Gasteiger charge is 2.12. The van der Waals surface area contributed by atoms with E-state index in [0.29, 0.717) is 11.4 Å². The van der Waals surface area contributed by atoms with Crippen molar-refractivity contribution in [2.75, 3.05) is 5.32 Å². The number of anilines is 1. The number of para-hydroxylation sites is 1. The monoisotopic (exact) mass is 447 g/mol. The number of hydrogen-bond acceptors (Lipinski definition) is 3. The fourth-order valence-corrected chi connectivity index (χ4v) is 2.77. The van der Waals surface area contributed by atoms with E-state index in [0.717, 1.165) is 8.95 Å². The quantitative estimate of drug-likeness (QED) is 0.658. The van der Waals surface area contributed by atoms with Gasteiger partial charge in [0.15, 0.2) is 0 Å². The second kappa shape index (κ2) is 7.11. The Morgan fingerprint density at radius 1 is 1.00 bits per heavy atom. The van der Waals surface area contributed by atoms with Gasteiger partial charge < -0.3 is 5.32 Å². The van der Waals surface area contributed by atoms with Crippen molar-refractivity contribution in [2.45, 2.75) is 0 Å². The fraction of sp³-hybridized carbons (Fsp3) is 0. The van der Waals surface area contributed by atoms with Gasteiger partial charge in [-0.25, -0.2) is 0 Å². The van der Waals surface area contributed by atoms with E-state index in [1.807, 2.05) is 18.2 Å². The maximum atomic E-state index is 12.4. The standard InChI is InChI=1S/C17H11Br2N3O2/c18-11-6-7-13(19)15(10-11)20-17(24)14-8-9-16(23)22(21-14)12-4-2-1-3-5-12/h1-10H,(H,20,24). The Kier molecular flexibility index (Phi) is 4.92. The van der Waals surface area contributed by atoms with Crippen molar-refractivity contribution < 1.29 is 4.79 Å². The highest BCUT2D eigenvalue weighted by atomic mass is 79.9. The maximum Gasteiger partial charge on any atom is 0.276 e. The smallest absolute Gasteiger partial charge is 0.276 e. The van der Waals surface area contributed by atoms with Crippen LogP contribution in [-0.4, -0.2) is 15.7 Å². The topological polar surface area (TPSA) is 64.0 Å². The zero-order valence-electron chi connectivity index (χ0n) is 12.2. The Labute approximate surface area is 154 Å². The molecule has 1 heterocycles. The third kappa shape index (κ3) is 3.63. The van der Waals surface area contributed by atoms with E-state index in [1.165, 1.54) is 16.8 Å². The maximum absolute atomic E-state index is 12.4. The lowest BCUT2D eigenvalue weighted by molar-refractivity contribution is 0.102. The van der Waals surface area contributed by atoms with Crippen LogP contribution in [0.3, 0.4) is 0 Å². The lowest BCUT2D eigenvalue weighted by Crippen LogP contribution is -2.24. The van der Waals surface area contributed by atoms with Gasteiger partial charge >= 0.3 is 0 Å². The number of hydrogen-bond donors (Lipinski definition) is 1. The first-order valence-electron chi connectivity index (χ1n) is 6.97. The second-order valence-electron chi connectivity index (χ2n) is 4.88. The van der Waals surface area contributed by atoms with Crippen LogP contribution >= 0.6 is 31.9 Å². The molecule has 0 aliphatic carbocycles. The van der Waals surface area contributed by atoms with Gasteiger partial charge in [0.2, 0.25) is 0 Å². The van der Waals surface area contributed by atoms with Crippen LogP contribution in [0.1, 0.15) is 10.5 Å². The largest absolute Gasteiger partial charge is 0.320 e. The molecule has 1 N–H and O–H groups in total. The summed E-state index contributed by atoms with van der Waals surface area (Å²) in [6.45, 7) is 0. The van der Waals surface area contributed by atoms with Crippen LogP contribution in [0.2, 0.25) is 0 Å². The second-order valence-corrected chi connectivity index (χ2v) is 6.65. The molecule has 24 heavy (non-hydrogen) atoms. The molecule has 0 saturated heterocycles. The summed E-state index contributed by atoms with van der Waals surface area (Å²) >= 11 is 6.74. The number of benzene rings is 2. The van der Waals surface area contributed by atoms with Crippen LogP contribution in [0.25, 0.3) is 5.69 Å². The summed E-state index contributed by atoms with van der Waals surface area (Å²) in [6, 6.07) is 17.1. The highest BCUT2D eigenvalue weighted by Crippen LogP contribution is 2.26. The number of nitrogens with zero attached hydrogens (tertiary/aromatic N) is 2. The minimum absolute atomic E-state index is 0.144. The Bertz CT molecular complexity index is 956. The van der Waals surface area contributed by atoms with Gasteiger partial charge in [-0.15, -0.1) is 0 Å². The van der Waals surface area contributed by atoms with Crippen LogP contribution in [0.4, 0.5) is 5.69 Å². The summed E-state index contributed by atoms with van der Waals surface area (Å²) in [5.41, 5.74) is 1.04. The molecule has 0 aliphatic rings. The van der Waals surface area contributed by atoms with E-state index < -0.39 is 5.91 Å². The highest BCUT2D eigenvalue weighted by molar-refractivity contribution is 9.11. The van der Waals surface area contributed by atoms with Crippen LogP contribution < -0.4 is 10.9 Å². The molecule has 7 heteroatoms. The minimum atomic E-state index is -0.404. The third-order valence-electron chi connectivity index (χ3n) is 3.21. The van der Waals surface area contributed by atoms with Crippen molar-refractivity contribution >= 4 is 43.5 Å². The molecule has 2 aromatic carbocycles. The summed E-state index contributed by atoms with van der Waals surface area (Å²) in [5.74, 6) is -0.404. The van der Waals surface area contributed by atoms with E-state index in [9.17, 15) is 9.59 Å². The molecule has 0 aliphatic heterocycles. The Morgan fingerprint density at radius 2 is 1.75 bits per heavy atom. The van der Waals surface area contributed by atoms with Crippen molar-refractivity contribution in [1.82, 2.24) is 9.78 Å².